The molecular formula is C13H17N3O3S. The molecule has 1 saturated heterocycles. The van der Waals surface area contributed by atoms with Crippen LogP contribution in [0.15, 0.2) is 23.1 Å². The molecule has 2 rings (SSSR count). The van der Waals surface area contributed by atoms with Gasteiger partial charge in [0.05, 0.1) is 11.7 Å². The molecule has 2 atom stereocenters. The van der Waals surface area contributed by atoms with Crippen LogP contribution in [0, 0.1) is 17.2 Å². The van der Waals surface area contributed by atoms with E-state index in [0.717, 1.165) is 0 Å². The molecule has 1 aliphatic heterocycles. The van der Waals surface area contributed by atoms with Gasteiger partial charge in [-0.25, -0.2) is 8.42 Å². The van der Waals surface area contributed by atoms with Crippen molar-refractivity contribution in [2.75, 3.05) is 18.8 Å². The number of aliphatic hydroxyl groups excluding tert-OH is 1. The van der Waals surface area contributed by atoms with Crippen LogP contribution < -0.4 is 5.73 Å². The Hall–Kier alpha value is -1.62. The van der Waals surface area contributed by atoms with Crippen molar-refractivity contribution >= 4 is 15.7 Å². The second kappa shape index (κ2) is 5.40. The highest BCUT2D eigenvalue weighted by atomic mass is 32.2. The third kappa shape index (κ3) is 2.63. The number of nitrogens with two attached hydrogens (primary N) is 1. The summed E-state index contributed by atoms with van der Waals surface area (Å²) in [5, 5.41) is 18.6. The number of benzene rings is 1. The molecule has 1 aromatic rings. The Morgan fingerprint density at radius 2 is 2.25 bits per heavy atom. The van der Waals surface area contributed by atoms with Crippen molar-refractivity contribution in [3.8, 4) is 6.07 Å². The molecule has 0 spiro atoms. The highest BCUT2D eigenvalue weighted by molar-refractivity contribution is 7.89. The van der Waals surface area contributed by atoms with E-state index in [9.17, 15) is 13.5 Å². The van der Waals surface area contributed by atoms with Gasteiger partial charge >= 0.3 is 0 Å². The molecule has 3 N–H and O–H groups in total. The Bertz CT molecular complexity index is 649. The Kier molecular flexibility index (Phi) is 3.99. The van der Waals surface area contributed by atoms with Crippen LogP contribution >= 0.6 is 0 Å². The molecule has 0 aliphatic carbocycles. The highest BCUT2D eigenvalue weighted by Gasteiger charge is 2.35. The molecule has 0 amide bonds. The molecule has 7 heteroatoms. The minimum Gasteiger partial charge on any atom is -0.399 e. The summed E-state index contributed by atoms with van der Waals surface area (Å²) in [4.78, 5) is -0.0274. The zero-order valence-corrected chi connectivity index (χ0v) is 12.0. The van der Waals surface area contributed by atoms with E-state index in [4.69, 9.17) is 11.0 Å². The van der Waals surface area contributed by atoms with Gasteiger partial charge in [-0.2, -0.15) is 9.57 Å². The van der Waals surface area contributed by atoms with Crippen molar-refractivity contribution in [2.45, 2.75) is 24.3 Å². The first kappa shape index (κ1) is 14.8. The second-order valence-electron chi connectivity index (χ2n) is 5.02. The number of nitrogen functional groups attached to an aromatic ring is 1. The number of nitriles is 1. The van der Waals surface area contributed by atoms with Gasteiger partial charge in [0, 0.05) is 18.8 Å². The van der Waals surface area contributed by atoms with Gasteiger partial charge in [-0.1, -0.05) is 0 Å². The van der Waals surface area contributed by atoms with Gasteiger partial charge < -0.3 is 10.8 Å². The van der Waals surface area contributed by atoms with E-state index in [1.165, 1.54) is 22.5 Å². The average molecular weight is 295 g/mol. The molecule has 6 nitrogen and oxygen atoms in total. The fraction of sp³-hybridized carbons (Fsp3) is 0.462. The van der Waals surface area contributed by atoms with Crippen molar-refractivity contribution < 1.29 is 13.5 Å². The molecule has 1 fully saturated rings. The van der Waals surface area contributed by atoms with Crippen LogP contribution in [-0.4, -0.2) is 37.0 Å². The van der Waals surface area contributed by atoms with Gasteiger partial charge in [0.15, 0.2) is 0 Å². The lowest BCUT2D eigenvalue weighted by molar-refractivity contribution is 0.133. The molecule has 0 saturated carbocycles. The van der Waals surface area contributed by atoms with E-state index in [1.807, 2.05) is 6.07 Å². The largest absolute Gasteiger partial charge is 0.399 e. The fourth-order valence-corrected chi connectivity index (χ4v) is 4.00. The molecule has 0 radical (unpaired) electrons. The van der Waals surface area contributed by atoms with Crippen LogP contribution in [0.3, 0.4) is 0 Å². The summed E-state index contributed by atoms with van der Waals surface area (Å²) in [6.45, 7) is 2.28. The highest BCUT2D eigenvalue weighted by Crippen LogP contribution is 2.28. The lowest BCUT2D eigenvalue weighted by Gasteiger charge is -2.18. The topological polar surface area (TPSA) is 107 Å². The van der Waals surface area contributed by atoms with Gasteiger partial charge in [-0.3, -0.25) is 0 Å². The Morgan fingerprint density at radius 3 is 2.80 bits per heavy atom. The monoisotopic (exact) mass is 295 g/mol. The molecule has 108 valence electrons. The Labute approximate surface area is 118 Å². The van der Waals surface area contributed by atoms with Crippen LogP contribution in [0.25, 0.3) is 0 Å². The normalized spacial score (nSPS) is 21.6. The maximum absolute atomic E-state index is 12.5. The number of rotatable bonds is 3. The third-order valence-corrected chi connectivity index (χ3v) is 5.53. The van der Waals surface area contributed by atoms with E-state index in [1.54, 1.807) is 6.92 Å². The van der Waals surface area contributed by atoms with E-state index in [-0.39, 0.29) is 22.9 Å². The van der Waals surface area contributed by atoms with Crippen LogP contribution in [0.4, 0.5) is 5.69 Å². The summed E-state index contributed by atoms with van der Waals surface area (Å²) in [5.41, 5.74) is 5.97. The third-order valence-electron chi connectivity index (χ3n) is 3.61. The predicted molar refractivity (Wildman–Crippen MR) is 74.1 cm³/mol. The summed E-state index contributed by atoms with van der Waals surface area (Å²) < 4.78 is 26.4. The molecule has 1 aromatic carbocycles. The molecule has 1 heterocycles. The lowest BCUT2D eigenvalue weighted by Crippen LogP contribution is -2.31. The number of hydrogen-bond donors (Lipinski definition) is 2. The second-order valence-corrected chi connectivity index (χ2v) is 6.93. The summed E-state index contributed by atoms with van der Waals surface area (Å²) in [7, 11) is -3.72. The molecule has 20 heavy (non-hydrogen) atoms. The van der Waals surface area contributed by atoms with E-state index in [0.29, 0.717) is 18.7 Å². The first-order valence-electron chi connectivity index (χ1n) is 6.34. The number of aliphatic hydroxyl groups is 1. The molecule has 2 unspecified atom stereocenters. The van der Waals surface area contributed by atoms with Crippen molar-refractivity contribution in [1.29, 1.82) is 5.26 Å². The Morgan fingerprint density at radius 1 is 1.55 bits per heavy atom. The average Bonchev–Trinajstić information content (AvgIpc) is 2.88. The van der Waals surface area contributed by atoms with Crippen molar-refractivity contribution in [3.05, 3.63) is 23.8 Å². The van der Waals surface area contributed by atoms with E-state index in [2.05, 4.69) is 0 Å². The summed E-state index contributed by atoms with van der Waals surface area (Å²) >= 11 is 0. The van der Waals surface area contributed by atoms with Gasteiger partial charge in [0.2, 0.25) is 10.0 Å². The van der Waals surface area contributed by atoms with Gasteiger partial charge in [-0.05, 0) is 37.5 Å². The van der Waals surface area contributed by atoms with Gasteiger partial charge in [0.1, 0.15) is 11.0 Å². The van der Waals surface area contributed by atoms with E-state index >= 15 is 0 Å². The molecule has 1 aliphatic rings. The first-order valence-corrected chi connectivity index (χ1v) is 7.78. The zero-order valence-electron chi connectivity index (χ0n) is 11.2. The predicted octanol–water partition coefficient (Wildman–Crippen LogP) is 0.532. The van der Waals surface area contributed by atoms with Gasteiger partial charge in [0.25, 0.3) is 0 Å². The number of nitrogens with zero attached hydrogens (tertiary/aromatic N) is 2. The van der Waals surface area contributed by atoms with Gasteiger partial charge in [-0.15, -0.1) is 0 Å². The summed E-state index contributed by atoms with van der Waals surface area (Å²) in [5.74, 6) is -0.0657. The Balaban J connectivity index is 2.35. The van der Waals surface area contributed by atoms with Crippen molar-refractivity contribution in [1.82, 2.24) is 4.31 Å². The summed E-state index contributed by atoms with van der Waals surface area (Å²) in [6, 6.07) is 6.05. The number of hydrogen-bond acceptors (Lipinski definition) is 5. The standard InChI is InChI=1S/C13H17N3O3S/c1-9(17)10-4-5-16(8-10)20(18,19)13-3-2-12(15)6-11(13)7-14/h2-3,6,9-10,17H,4-5,8,15H2,1H3. The quantitative estimate of drug-likeness (QED) is 0.791. The van der Waals surface area contributed by atoms with Crippen molar-refractivity contribution in [2.24, 2.45) is 5.92 Å². The first-order chi connectivity index (χ1) is 9.36. The maximum Gasteiger partial charge on any atom is 0.244 e. The van der Waals surface area contributed by atoms with Crippen LogP contribution in [0.2, 0.25) is 0 Å². The van der Waals surface area contributed by atoms with Crippen LogP contribution in [-0.2, 0) is 10.0 Å². The smallest absolute Gasteiger partial charge is 0.244 e. The van der Waals surface area contributed by atoms with Crippen LogP contribution in [0.5, 0.6) is 0 Å². The minimum absolute atomic E-state index is 0.0274. The van der Waals surface area contributed by atoms with Crippen molar-refractivity contribution in [3.63, 3.8) is 0 Å². The molecule has 0 bridgehead atoms. The lowest BCUT2D eigenvalue weighted by atomic mass is 10.0. The molecule has 0 aromatic heterocycles. The number of sulfonamides is 1. The minimum atomic E-state index is -3.72. The molecular weight excluding hydrogens is 278 g/mol. The fourth-order valence-electron chi connectivity index (χ4n) is 2.37. The van der Waals surface area contributed by atoms with Crippen LogP contribution in [0.1, 0.15) is 18.9 Å². The van der Waals surface area contributed by atoms with E-state index < -0.39 is 16.1 Å². The maximum atomic E-state index is 12.5. The summed E-state index contributed by atoms with van der Waals surface area (Å²) in [6.07, 6.45) is 0.0744. The number of anilines is 1. The SMILES string of the molecule is CC(O)C1CCN(S(=O)(=O)c2ccc(N)cc2C#N)C1. The zero-order chi connectivity index (χ0) is 14.9.